The van der Waals surface area contributed by atoms with E-state index in [-0.39, 0.29) is 11.6 Å². The molecular formula is C15H23BrN2O. The molecule has 1 aliphatic rings. The minimum atomic E-state index is 0.0214. The molecule has 0 bridgehead atoms. The van der Waals surface area contributed by atoms with Gasteiger partial charge in [-0.2, -0.15) is 0 Å². The van der Waals surface area contributed by atoms with Crippen LogP contribution < -0.4 is 11.1 Å². The third-order valence-electron chi connectivity index (χ3n) is 4.13. The van der Waals surface area contributed by atoms with E-state index >= 15 is 0 Å². The van der Waals surface area contributed by atoms with Gasteiger partial charge in [-0.05, 0) is 49.4 Å². The number of nitrogens with one attached hydrogen (secondary N) is 1. The normalized spacial score (nSPS) is 24.0. The predicted molar refractivity (Wildman–Crippen MR) is 82.4 cm³/mol. The molecule has 0 radical (unpaired) electrons. The number of benzene rings is 1. The SMILES string of the molecule is COC(C)CNC1(CN)CCc2cc(Br)ccc2C1. The van der Waals surface area contributed by atoms with Crippen molar-refractivity contribution in [3.63, 3.8) is 0 Å². The van der Waals surface area contributed by atoms with Crippen LogP contribution in [0.1, 0.15) is 24.5 Å². The third-order valence-corrected chi connectivity index (χ3v) is 4.62. The average molecular weight is 327 g/mol. The first kappa shape index (κ1) is 15.0. The Morgan fingerprint density at radius 3 is 2.95 bits per heavy atom. The number of halogens is 1. The van der Waals surface area contributed by atoms with E-state index in [0.717, 1.165) is 30.3 Å². The van der Waals surface area contributed by atoms with E-state index in [4.69, 9.17) is 10.5 Å². The Morgan fingerprint density at radius 1 is 1.47 bits per heavy atom. The molecule has 0 amide bonds. The molecule has 0 fully saturated rings. The summed E-state index contributed by atoms with van der Waals surface area (Å²) >= 11 is 3.54. The zero-order valence-electron chi connectivity index (χ0n) is 11.7. The van der Waals surface area contributed by atoms with Crippen LogP contribution in [0.2, 0.25) is 0 Å². The summed E-state index contributed by atoms with van der Waals surface area (Å²) in [6.07, 6.45) is 3.39. The summed E-state index contributed by atoms with van der Waals surface area (Å²) in [5.41, 5.74) is 8.92. The van der Waals surface area contributed by atoms with Gasteiger partial charge < -0.3 is 15.8 Å². The minimum Gasteiger partial charge on any atom is -0.380 e. The summed E-state index contributed by atoms with van der Waals surface area (Å²) in [6, 6.07) is 6.56. The lowest BCUT2D eigenvalue weighted by molar-refractivity contribution is 0.105. The third kappa shape index (κ3) is 3.57. The lowest BCUT2D eigenvalue weighted by Crippen LogP contribution is -2.56. The molecule has 106 valence electrons. The molecule has 2 rings (SSSR count). The van der Waals surface area contributed by atoms with Gasteiger partial charge in [-0.25, -0.2) is 0 Å². The molecule has 19 heavy (non-hydrogen) atoms. The first-order valence-electron chi connectivity index (χ1n) is 6.84. The highest BCUT2D eigenvalue weighted by atomic mass is 79.9. The maximum atomic E-state index is 6.04. The van der Waals surface area contributed by atoms with E-state index in [9.17, 15) is 0 Å². The maximum Gasteiger partial charge on any atom is 0.0667 e. The molecule has 2 atom stereocenters. The lowest BCUT2D eigenvalue weighted by atomic mass is 9.78. The Hall–Kier alpha value is -0.420. The van der Waals surface area contributed by atoms with Crippen molar-refractivity contribution in [3.05, 3.63) is 33.8 Å². The molecule has 0 heterocycles. The summed E-state index contributed by atoms with van der Waals surface area (Å²) in [6.45, 7) is 3.59. The van der Waals surface area contributed by atoms with Crippen molar-refractivity contribution in [3.8, 4) is 0 Å². The van der Waals surface area contributed by atoms with Gasteiger partial charge in [0.25, 0.3) is 0 Å². The van der Waals surface area contributed by atoms with Crippen molar-refractivity contribution in [2.75, 3.05) is 20.2 Å². The molecule has 0 saturated carbocycles. The van der Waals surface area contributed by atoms with E-state index in [2.05, 4.69) is 46.4 Å². The summed E-state index contributed by atoms with van der Waals surface area (Å²) < 4.78 is 6.47. The van der Waals surface area contributed by atoms with Crippen LogP contribution in [0.15, 0.2) is 22.7 Å². The van der Waals surface area contributed by atoms with Gasteiger partial charge in [-0.15, -0.1) is 0 Å². The first-order valence-corrected chi connectivity index (χ1v) is 7.63. The number of nitrogens with two attached hydrogens (primary N) is 1. The van der Waals surface area contributed by atoms with Crippen molar-refractivity contribution in [2.24, 2.45) is 5.73 Å². The second-order valence-corrected chi connectivity index (χ2v) is 6.42. The number of hydrogen-bond acceptors (Lipinski definition) is 3. The van der Waals surface area contributed by atoms with Crippen molar-refractivity contribution < 1.29 is 4.74 Å². The fourth-order valence-electron chi connectivity index (χ4n) is 2.67. The summed E-state index contributed by atoms with van der Waals surface area (Å²) in [7, 11) is 1.75. The van der Waals surface area contributed by atoms with Gasteiger partial charge in [-0.3, -0.25) is 0 Å². The molecule has 1 aromatic rings. The Kier molecular flexibility index (Phi) is 5.01. The summed E-state index contributed by atoms with van der Waals surface area (Å²) in [4.78, 5) is 0. The number of ether oxygens (including phenoxy) is 1. The number of aryl methyl sites for hydroxylation is 1. The average Bonchev–Trinajstić information content (AvgIpc) is 2.44. The maximum absolute atomic E-state index is 6.04. The van der Waals surface area contributed by atoms with Crippen LogP contribution in [0.25, 0.3) is 0 Å². The van der Waals surface area contributed by atoms with Crippen LogP contribution in [0.4, 0.5) is 0 Å². The van der Waals surface area contributed by atoms with Crippen molar-refractivity contribution in [1.29, 1.82) is 0 Å². The summed E-state index contributed by atoms with van der Waals surface area (Å²) in [5.74, 6) is 0. The van der Waals surface area contributed by atoms with Gasteiger partial charge in [0.05, 0.1) is 6.10 Å². The van der Waals surface area contributed by atoms with Crippen molar-refractivity contribution >= 4 is 15.9 Å². The monoisotopic (exact) mass is 326 g/mol. The van der Waals surface area contributed by atoms with E-state index in [0.29, 0.717) is 6.54 Å². The number of hydrogen-bond donors (Lipinski definition) is 2. The van der Waals surface area contributed by atoms with Crippen molar-refractivity contribution in [2.45, 2.75) is 37.8 Å². The van der Waals surface area contributed by atoms with Gasteiger partial charge in [0.15, 0.2) is 0 Å². The largest absolute Gasteiger partial charge is 0.380 e. The molecule has 0 saturated heterocycles. The first-order chi connectivity index (χ1) is 9.08. The Labute approximate surface area is 124 Å². The molecule has 1 aliphatic carbocycles. The molecule has 3 nitrogen and oxygen atoms in total. The molecule has 0 aromatic heterocycles. The van der Waals surface area contributed by atoms with Gasteiger partial charge in [-0.1, -0.05) is 22.0 Å². The second-order valence-electron chi connectivity index (χ2n) is 5.50. The lowest BCUT2D eigenvalue weighted by Gasteiger charge is -2.39. The quantitative estimate of drug-likeness (QED) is 0.872. The topological polar surface area (TPSA) is 47.3 Å². The van der Waals surface area contributed by atoms with E-state index in [1.165, 1.54) is 11.1 Å². The van der Waals surface area contributed by atoms with Crippen LogP contribution in [0.3, 0.4) is 0 Å². The van der Waals surface area contributed by atoms with Crippen LogP contribution in [-0.2, 0) is 17.6 Å². The molecule has 4 heteroatoms. The number of fused-ring (bicyclic) bond motifs is 1. The molecule has 0 spiro atoms. The predicted octanol–water partition coefficient (Wildman–Crippen LogP) is 2.26. The molecule has 1 aromatic carbocycles. The molecule has 0 aliphatic heterocycles. The zero-order valence-corrected chi connectivity index (χ0v) is 13.3. The standard InChI is InChI=1S/C15H23BrN2O/c1-11(19-2)9-18-15(10-17)6-5-12-7-14(16)4-3-13(12)8-15/h3-4,7,11,18H,5-6,8-10,17H2,1-2H3. The van der Waals surface area contributed by atoms with Gasteiger partial charge in [0.1, 0.15) is 0 Å². The van der Waals surface area contributed by atoms with Crippen LogP contribution in [0.5, 0.6) is 0 Å². The Bertz CT molecular complexity index is 438. The van der Waals surface area contributed by atoms with Crippen LogP contribution >= 0.6 is 15.9 Å². The summed E-state index contributed by atoms with van der Waals surface area (Å²) in [5, 5.41) is 3.63. The highest BCUT2D eigenvalue weighted by molar-refractivity contribution is 9.10. The van der Waals surface area contributed by atoms with Gasteiger partial charge in [0, 0.05) is 30.2 Å². The fourth-order valence-corrected chi connectivity index (χ4v) is 3.08. The molecular weight excluding hydrogens is 304 g/mol. The van der Waals surface area contributed by atoms with E-state index < -0.39 is 0 Å². The Morgan fingerprint density at radius 2 is 2.26 bits per heavy atom. The van der Waals surface area contributed by atoms with E-state index in [1.54, 1.807) is 7.11 Å². The second kappa shape index (κ2) is 6.35. The minimum absolute atomic E-state index is 0.0214. The van der Waals surface area contributed by atoms with Crippen molar-refractivity contribution in [1.82, 2.24) is 5.32 Å². The highest BCUT2D eigenvalue weighted by Crippen LogP contribution is 2.30. The number of methoxy groups -OCH3 is 1. The van der Waals surface area contributed by atoms with Crippen LogP contribution in [-0.4, -0.2) is 31.8 Å². The number of rotatable bonds is 5. The smallest absolute Gasteiger partial charge is 0.0667 e. The fraction of sp³-hybridized carbons (Fsp3) is 0.600. The van der Waals surface area contributed by atoms with E-state index in [1.807, 2.05) is 0 Å². The highest BCUT2D eigenvalue weighted by Gasteiger charge is 2.33. The van der Waals surface area contributed by atoms with Gasteiger partial charge >= 0.3 is 0 Å². The zero-order chi connectivity index (χ0) is 13.9. The van der Waals surface area contributed by atoms with Crippen LogP contribution in [0, 0.1) is 0 Å². The Balaban J connectivity index is 2.10. The van der Waals surface area contributed by atoms with Gasteiger partial charge in [0.2, 0.25) is 0 Å². The molecule has 3 N–H and O–H groups in total. The molecule has 2 unspecified atom stereocenters.